The molecule has 0 heterocycles. The van der Waals surface area contributed by atoms with Crippen molar-refractivity contribution in [3.05, 3.63) is 60.2 Å². The molecule has 1 N–H and O–H groups in total. The number of benzene rings is 2. The van der Waals surface area contributed by atoms with Crippen LogP contribution in [-0.2, 0) is 11.3 Å². The van der Waals surface area contributed by atoms with Crippen molar-refractivity contribution in [3.8, 4) is 5.75 Å². The normalized spacial score (nSPS) is 15.0. The van der Waals surface area contributed by atoms with Gasteiger partial charge in [-0.25, -0.2) is 0 Å². The van der Waals surface area contributed by atoms with E-state index in [0.717, 1.165) is 6.54 Å². The van der Waals surface area contributed by atoms with Crippen molar-refractivity contribution in [2.45, 2.75) is 32.4 Å². The molecule has 0 aliphatic heterocycles. The number of para-hydroxylation sites is 2. The van der Waals surface area contributed by atoms with E-state index in [4.69, 9.17) is 4.74 Å². The smallest absolute Gasteiger partial charge is 0.238 e. The van der Waals surface area contributed by atoms with Gasteiger partial charge in [-0.3, -0.25) is 9.69 Å². The average Bonchev–Trinajstić information content (AvgIpc) is 3.47. The second-order valence-electron chi connectivity index (χ2n) is 6.72. The lowest BCUT2D eigenvalue weighted by Gasteiger charge is -2.29. The first-order valence-electron chi connectivity index (χ1n) is 8.88. The van der Waals surface area contributed by atoms with E-state index in [1.807, 2.05) is 42.5 Å². The van der Waals surface area contributed by atoms with Crippen LogP contribution in [0.4, 0.5) is 5.69 Å². The maximum atomic E-state index is 12.6. The Balaban J connectivity index is 1.67. The van der Waals surface area contributed by atoms with Crippen LogP contribution in [-0.4, -0.2) is 30.5 Å². The minimum atomic E-state index is -0.00655. The van der Waals surface area contributed by atoms with Crippen LogP contribution in [0.25, 0.3) is 0 Å². The van der Waals surface area contributed by atoms with Crippen LogP contribution in [0.5, 0.6) is 5.75 Å². The monoisotopic (exact) mass is 338 g/mol. The number of nitrogens with zero attached hydrogens (tertiary/aromatic N) is 1. The highest BCUT2D eigenvalue weighted by atomic mass is 16.5. The number of hydrogen-bond donors (Lipinski definition) is 1. The second kappa shape index (κ2) is 8.17. The minimum Gasteiger partial charge on any atom is -0.495 e. The van der Waals surface area contributed by atoms with Crippen molar-refractivity contribution >= 4 is 11.6 Å². The molecule has 0 aromatic heterocycles. The van der Waals surface area contributed by atoms with E-state index >= 15 is 0 Å². The van der Waals surface area contributed by atoms with Gasteiger partial charge in [0.05, 0.1) is 19.3 Å². The van der Waals surface area contributed by atoms with E-state index in [2.05, 4.69) is 29.3 Å². The summed E-state index contributed by atoms with van der Waals surface area (Å²) in [6.45, 7) is 3.40. The molecule has 2 aromatic rings. The number of anilines is 1. The van der Waals surface area contributed by atoms with E-state index in [9.17, 15) is 4.79 Å². The highest BCUT2D eigenvalue weighted by molar-refractivity contribution is 5.93. The minimum absolute atomic E-state index is 0.00655. The molecule has 1 atom stereocenters. The van der Waals surface area contributed by atoms with Crippen LogP contribution in [0.2, 0.25) is 0 Å². The summed E-state index contributed by atoms with van der Waals surface area (Å²) in [6.07, 6.45) is 2.53. The fourth-order valence-electron chi connectivity index (χ4n) is 3.16. The lowest BCUT2D eigenvalue weighted by atomic mass is 10.1. The third-order valence-corrected chi connectivity index (χ3v) is 4.84. The van der Waals surface area contributed by atoms with Crippen LogP contribution in [0.1, 0.15) is 25.3 Å². The summed E-state index contributed by atoms with van der Waals surface area (Å²) in [4.78, 5) is 14.9. The Morgan fingerprint density at radius 3 is 2.52 bits per heavy atom. The molecule has 4 nitrogen and oxygen atoms in total. The van der Waals surface area contributed by atoms with Crippen LogP contribution in [0, 0.1) is 5.92 Å². The zero-order valence-corrected chi connectivity index (χ0v) is 14.9. The molecule has 1 unspecified atom stereocenters. The molecule has 132 valence electrons. The number of nitrogens with one attached hydrogen (secondary N) is 1. The lowest BCUT2D eigenvalue weighted by molar-refractivity contribution is -0.118. The van der Waals surface area contributed by atoms with E-state index in [1.54, 1.807) is 7.11 Å². The third-order valence-electron chi connectivity index (χ3n) is 4.84. The Kier molecular flexibility index (Phi) is 5.71. The molecule has 0 spiro atoms. The van der Waals surface area contributed by atoms with Gasteiger partial charge in [0.25, 0.3) is 0 Å². The standard InChI is InChI=1S/C21H26N2O2/c1-16(18-12-13-18)23(14-17-8-4-3-5-9-17)15-21(24)22-19-10-6-7-11-20(19)25-2/h3-11,16,18H,12-15H2,1-2H3,(H,22,24). The molecular weight excluding hydrogens is 312 g/mol. The summed E-state index contributed by atoms with van der Waals surface area (Å²) in [7, 11) is 1.61. The van der Waals surface area contributed by atoms with Crippen molar-refractivity contribution in [1.82, 2.24) is 4.90 Å². The molecular formula is C21H26N2O2. The summed E-state index contributed by atoms with van der Waals surface area (Å²) in [5.74, 6) is 1.39. The molecule has 1 amide bonds. The Morgan fingerprint density at radius 2 is 1.84 bits per heavy atom. The van der Waals surface area contributed by atoms with Gasteiger partial charge in [0.15, 0.2) is 0 Å². The zero-order valence-electron chi connectivity index (χ0n) is 14.9. The molecule has 0 bridgehead atoms. The fourth-order valence-corrected chi connectivity index (χ4v) is 3.16. The van der Waals surface area contributed by atoms with Crippen molar-refractivity contribution in [1.29, 1.82) is 0 Å². The van der Waals surface area contributed by atoms with Crippen molar-refractivity contribution in [2.75, 3.05) is 19.0 Å². The van der Waals surface area contributed by atoms with Gasteiger partial charge in [-0.2, -0.15) is 0 Å². The maximum Gasteiger partial charge on any atom is 0.238 e. The first-order valence-corrected chi connectivity index (χ1v) is 8.88. The topological polar surface area (TPSA) is 41.6 Å². The molecule has 0 saturated heterocycles. The number of ether oxygens (including phenoxy) is 1. The van der Waals surface area contributed by atoms with Crippen LogP contribution < -0.4 is 10.1 Å². The molecule has 3 rings (SSSR count). The second-order valence-corrected chi connectivity index (χ2v) is 6.72. The molecule has 0 radical (unpaired) electrons. The van der Waals surface area contributed by atoms with Gasteiger partial charge in [-0.15, -0.1) is 0 Å². The average molecular weight is 338 g/mol. The quantitative estimate of drug-likeness (QED) is 0.793. The van der Waals surface area contributed by atoms with Crippen molar-refractivity contribution in [2.24, 2.45) is 5.92 Å². The van der Waals surface area contributed by atoms with E-state index < -0.39 is 0 Å². The van der Waals surface area contributed by atoms with Gasteiger partial charge in [0.1, 0.15) is 5.75 Å². The first-order chi connectivity index (χ1) is 12.2. The predicted octanol–water partition coefficient (Wildman–Crippen LogP) is 3.93. The molecule has 4 heteroatoms. The van der Waals surface area contributed by atoms with Crippen molar-refractivity contribution in [3.63, 3.8) is 0 Å². The predicted molar refractivity (Wildman–Crippen MR) is 101 cm³/mol. The molecule has 25 heavy (non-hydrogen) atoms. The van der Waals surface area contributed by atoms with Gasteiger partial charge in [-0.05, 0) is 43.4 Å². The first kappa shape index (κ1) is 17.5. The number of carbonyl (C=O) groups excluding carboxylic acids is 1. The number of methoxy groups -OCH3 is 1. The Hall–Kier alpha value is -2.33. The summed E-state index contributed by atoms with van der Waals surface area (Å²) in [5.41, 5.74) is 1.95. The van der Waals surface area contributed by atoms with Crippen LogP contribution in [0.3, 0.4) is 0 Å². The van der Waals surface area contributed by atoms with E-state index in [1.165, 1.54) is 18.4 Å². The fraction of sp³-hybridized carbons (Fsp3) is 0.381. The number of amides is 1. The summed E-state index contributed by atoms with van der Waals surface area (Å²) in [5, 5.41) is 2.99. The lowest BCUT2D eigenvalue weighted by Crippen LogP contribution is -2.40. The largest absolute Gasteiger partial charge is 0.495 e. The molecule has 1 fully saturated rings. The van der Waals surface area contributed by atoms with Gasteiger partial charge in [-0.1, -0.05) is 42.5 Å². The molecule has 1 aliphatic carbocycles. The van der Waals surface area contributed by atoms with Gasteiger partial charge < -0.3 is 10.1 Å². The number of carbonyl (C=O) groups is 1. The molecule has 1 aliphatic rings. The van der Waals surface area contributed by atoms with Gasteiger partial charge in [0.2, 0.25) is 5.91 Å². The summed E-state index contributed by atoms with van der Waals surface area (Å²) < 4.78 is 5.31. The number of rotatable bonds is 8. The summed E-state index contributed by atoms with van der Waals surface area (Å²) >= 11 is 0. The van der Waals surface area contributed by atoms with Crippen LogP contribution >= 0.6 is 0 Å². The number of hydrogen-bond acceptors (Lipinski definition) is 3. The maximum absolute atomic E-state index is 12.6. The zero-order chi connectivity index (χ0) is 17.6. The van der Waals surface area contributed by atoms with E-state index in [-0.39, 0.29) is 5.91 Å². The molecule has 2 aromatic carbocycles. The molecule has 1 saturated carbocycles. The SMILES string of the molecule is COc1ccccc1NC(=O)CN(Cc1ccccc1)C(C)C1CC1. The third kappa shape index (κ3) is 4.83. The highest BCUT2D eigenvalue weighted by Gasteiger charge is 2.32. The Bertz CT molecular complexity index is 698. The van der Waals surface area contributed by atoms with Crippen LogP contribution in [0.15, 0.2) is 54.6 Å². The Labute approximate surface area is 149 Å². The van der Waals surface area contributed by atoms with Gasteiger partial charge in [0, 0.05) is 12.6 Å². The summed E-state index contributed by atoms with van der Waals surface area (Å²) in [6, 6.07) is 18.3. The Morgan fingerprint density at radius 1 is 1.16 bits per heavy atom. The van der Waals surface area contributed by atoms with Crippen molar-refractivity contribution < 1.29 is 9.53 Å². The van der Waals surface area contributed by atoms with Gasteiger partial charge >= 0.3 is 0 Å². The van der Waals surface area contributed by atoms with E-state index in [0.29, 0.717) is 29.9 Å². The highest BCUT2D eigenvalue weighted by Crippen LogP contribution is 2.35.